The summed E-state index contributed by atoms with van der Waals surface area (Å²) in [6.07, 6.45) is 2.76. The Kier molecular flexibility index (Phi) is 5.56. The van der Waals surface area contributed by atoms with Gasteiger partial charge < -0.3 is 14.3 Å². The SMILES string of the molecule is O=CCN1CCC(COc2ccc(-c3ccc4c(c3)OCS4(=O)=O)cc2F)CC1. The second-order valence-corrected chi connectivity index (χ2v) is 9.31. The van der Waals surface area contributed by atoms with Crippen LogP contribution in [0.5, 0.6) is 11.5 Å². The van der Waals surface area contributed by atoms with Gasteiger partial charge in [-0.25, -0.2) is 12.8 Å². The van der Waals surface area contributed by atoms with E-state index in [0.29, 0.717) is 35.9 Å². The van der Waals surface area contributed by atoms with Crippen LogP contribution in [0.2, 0.25) is 0 Å². The van der Waals surface area contributed by atoms with E-state index in [0.717, 1.165) is 32.2 Å². The van der Waals surface area contributed by atoms with Crippen molar-refractivity contribution in [2.75, 3.05) is 32.2 Å². The lowest BCUT2D eigenvalue weighted by Gasteiger charge is -2.30. The Morgan fingerprint density at radius 3 is 2.59 bits per heavy atom. The minimum absolute atomic E-state index is 0.167. The Morgan fingerprint density at radius 2 is 1.86 bits per heavy atom. The molecule has 154 valence electrons. The number of nitrogens with zero attached hydrogens (tertiary/aromatic N) is 1. The Balaban J connectivity index is 1.41. The van der Waals surface area contributed by atoms with Crippen molar-refractivity contribution in [2.24, 2.45) is 5.92 Å². The zero-order chi connectivity index (χ0) is 20.4. The molecule has 2 heterocycles. The van der Waals surface area contributed by atoms with Gasteiger partial charge in [-0.05, 0) is 67.2 Å². The first-order valence-electron chi connectivity index (χ1n) is 9.54. The summed E-state index contributed by atoms with van der Waals surface area (Å²) in [5.41, 5.74) is 1.29. The van der Waals surface area contributed by atoms with E-state index in [4.69, 9.17) is 9.47 Å². The van der Waals surface area contributed by atoms with Crippen molar-refractivity contribution >= 4 is 16.1 Å². The maximum absolute atomic E-state index is 14.6. The number of hydrogen-bond donors (Lipinski definition) is 0. The maximum Gasteiger partial charge on any atom is 0.216 e. The molecule has 2 aliphatic heterocycles. The molecule has 4 rings (SSSR count). The summed E-state index contributed by atoms with van der Waals surface area (Å²) in [5.74, 6) is 0.0111. The number of hydrogen-bond acceptors (Lipinski definition) is 6. The standard InChI is InChI=1S/C21H22FNO5S/c22-18-11-16(17-2-4-21-20(12-17)28-14-29(21,25)26)1-3-19(18)27-13-15-5-7-23(8-6-15)9-10-24/h1-4,10-12,15H,5-9,13-14H2. The van der Waals surface area contributed by atoms with Crippen LogP contribution in [0.3, 0.4) is 0 Å². The Morgan fingerprint density at radius 1 is 1.14 bits per heavy atom. The number of aldehydes is 1. The molecule has 0 radical (unpaired) electrons. The van der Waals surface area contributed by atoms with Crippen molar-refractivity contribution in [3.8, 4) is 22.6 Å². The molecule has 2 aromatic rings. The van der Waals surface area contributed by atoms with E-state index in [1.807, 2.05) is 0 Å². The van der Waals surface area contributed by atoms with Crippen LogP contribution in [0.25, 0.3) is 11.1 Å². The average Bonchev–Trinajstić information content (AvgIpc) is 3.02. The zero-order valence-corrected chi connectivity index (χ0v) is 16.7. The summed E-state index contributed by atoms with van der Waals surface area (Å²) in [7, 11) is -3.38. The molecule has 2 aliphatic rings. The lowest BCUT2D eigenvalue weighted by atomic mass is 9.98. The predicted molar refractivity (Wildman–Crippen MR) is 105 cm³/mol. The molecule has 0 aliphatic carbocycles. The van der Waals surface area contributed by atoms with Crippen LogP contribution in [-0.4, -0.2) is 51.8 Å². The predicted octanol–water partition coefficient (Wildman–Crippen LogP) is 2.91. The molecule has 0 aromatic heterocycles. The Labute approximate surface area is 169 Å². The number of likely N-dealkylation sites (tertiary alicyclic amines) is 1. The molecular formula is C21H22FNO5S. The monoisotopic (exact) mass is 419 g/mol. The highest BCUT2D eigenvalue weighted by atomic mass is 32.2. The number of ether oxygens (including phenoxy) is 2. The van der Waals surface area contributed by atoms with Crippen molar-refractivity contribution < 1.29 is 27.1 Å². The second-order valence-electron chi connectivity index (χ2n) is 7.41. The number of rotatable bonds is 6. The maximum atomic E-state index is 14.6. The Bertz CT molecular complexity index is 1020. The van der Waals surface area contributed by atoms with Crippen LogP contribution < -0.4 is 9.47 Å². The summed E-state index contributed by atoms with van der Waals surface area (Å²) in [6.45, 7) is 2.60. The van der Waals surface area contributed by atoms with Crippen LogP contribution in [-0.2, 0) is 14.6 Å². The van der Waals surface area contributed by atoms with E-state index < -0.39 is 15.7 Å². The third kappa shape index (κ3) is 4.28. The number of carbonyl (C=O) groups is 1. The third-order valence-corrected chi connectivity index (χ3v) is 6.86. The van der Waals surface area contributed by atoms with Gasteiger partial charge in [0.25, 0.3) is 0 Å². The normalized spacial score (nSPS) is 18.8. The van der Waals surface area contributed by atoms with Gasteiger partial charge in [-0.2, -0.15) is 0 Å². The Hall–Kier alpha value is -2.45. The van der Waals surface area contributed by atoms with Gasteiger partial charge in [-0.15, -0.1) is 0 Å². The quantitative estimate of drug-likeness (QED) is 0.671. The van der Waals surface area contributed by atoms with Gasteiger partial charge in [0.1, 0.15) is 16.9 Å². The molecule has 8 heteroatoms. The second kappa shape index (κ2) is 8.12. The number of halogens is 1. The molecule has 1 saturated heterocycles. The van der Waals surface area contributed by atoms with Crippen molar-refractivity contribution in [3.05, 3.63) is 42.2 Å². The lowest BCUT2D eigenvalue weighted by Crippen LogP contribution is -2.36. The van der Waals surface area contributed by atoms with Crippen molar-refractivity contribution in [1.82, 2.24) is 4.90 Å². The van der Waals surface area contributed by atoms with Gasteiger partial charge >= 0.3 is 0 Å². The van der Waals surface area contributed by atoms with Crippen LogP contribution in [0, 0.1) is 11.7 Å². The highest BCUT2D eigenvalue weighted by Crippen LogP contribution is 2.36. The molecule has 0 saturated carbocycles. The summed E-state index contributed by atoms with van der Waals surface area (Å²) in [6, 6.07) is 9.47. The van der Waals surface area contributed by atoms with Crippen LogP contribution in [0.4, 0.5) is 4.39 Å². The fourth-order valence-corrected chi connectivity index (χ4v) is 4.82. The minimum atomic E-state index is -3.38. The van der Waals surface area contributed by atoms with E-state index in [2.05, 4.69) is 4.90 Å². The van der Waals surface area contributed by atoms with E-state index >= 15 is 0 Å². The number of benzene rings is 2. The number of carbonyl (C=O) groups excluding carboxylic acids is 1. The summed E-state index contributed by atoms with van der Waals surface area (Å²) >= 11 is 0. The molecule has 0 amide bonds. The molecule has 0 N–H and O–H groups in total. The summed E-state index contributed by atoms with van der Waals surface area (Å²) < 4.78 is 49.1. The smallest absolute Gasteiger partial charge is 0.216 e. The number of sulfone groups is 1. The third-order valence-electron chi connectivity index (χ3n) is 5.43. The van der Waals surface area contributed by atoms with Gasteiger partial charge in [0.15, 0.2) is 17.5 Å². The van der Waals surface area contributed by atoms with E-state index in [1.165, 1.54) is 12.1 Å². The van der Waals surface area contributed by atoms with Crippen LogP contribution >= 0.6 is 0 Å². The van der Waals surface area contributed by atoms with Crippen molar-refractivity contribution in [3.63, 3.8) is 0 Å². The molecule has 29 heavy (non-hydrogen) atoms. The topological polar surface area (TPSA) is 72.9 Å². The molecule has 0 unspecified atom stereocenters. The highest BCUT2D eigenvalue weighted by molar-refractivity contribution is 7.91. The van der Waals surface area contributed by atoms with E-state index in [1.54, 1.807) is 24.3 Å². The first kappa shape index (κ1) is 19.8. The van der Waals surface area contributed by atoms with E-state index in [-0.39, 0.29) is 16.6 Å². The van der Waals surface area contributed by atoms with Gasteiger partial charge in [-0.3, -0.25) is 4.90 Å². The molecular weight excluding hydrogens is 397 g/mol. The highest BCUT2D eigenvalue weighted by Gasteiger charge is 2.28. The molecule has 0 atom stereocenters. The van der Waals surface area contributed by atoms with Crippen LogP contribution in [0.1, 0.15) is 12.8 Å². The summed E-state index contributed by atoms with van der Waals surface area (Å²) in [4.78, 5) is 12.8. The molecule has 0 bridgehead atoms. The largest absolute Gasteiger partial charge is 0.490 e. The summed E-state index contributed by atoms with van der Waals surface area (Å²) in [5, 5.41) is 0. The fraction of sp³-hybridized carbons (Fsp3) is 0.381. The van der Waals surface area contributed by atoms with Gasteiger partial charge in [0, 0.05) is 0 Å². The van der Waals surface area contributed by atoms with Crippen molar-refractivity contribution in [2.45, 2.75) is 17.7 Å². The van der Waals surface area contributed by atoms with Crippen LogP contribution in [0.15, 0.2) is 41.3 Å². The van der Waals surface area contributed by atoms with Crippen molar-refractivity contribution in [1.29, 1.82) is 0 Å². The zero-order valence-electron chi connectivity index (χ0n) is 15.8. The molecule has 0 spiro atoms. The lowest BCUT2D eigenvalue weighted by molar-refractivity contribution is -0.109. The van der Waals surface area contributed by atoms with Gasteiger partial charge in [-0.1, -0.05) is 12.1 Å². The number of piperidine rings is 1. The average molecular weight is 419 g/mol. The van der Waals surface area contributed by atoms with E-state index in [9.17, 15) is 17.6 Å². The molecule has 2 aromatic carbocycles. The first-order valence-corrected chi connectivity index (χ1v) is 11.2. The van der Waals surface area contributed by atoms with Gasteiger partial charge in [0.2, 0.25) is 9.84 Å². The minimum Gasteiger partial charge on any atom is -0.490 e. The molecule has 6 nitrogen and oxygen atoms in total. The first-order chi connectivity index (χ1) is 14.0. The molecule has 1 fully saturated rings. The fourth-order valence-electron chi connectivity index (χ4n) is 3.71. The van der Waals surface area contributed by atoms with Gasteiger partial charge in [0.05, 0.1) is 13.2 Å². The number of fused-ring (bicyclic) bond motifs is 1.